The number of esters is 3. The van der Waals surface area contributed by atoms with Gasteiger partial charge >= 0.3 is 17.9 Å². The van der Waals surface area contributed by atoms with Gasteiger partial charge in [-0.3, -0.25) is 19.3 Å². The van der Waals surface area contributed by atoms with E-state index in [-0.39, 0.29) is 36.3 Å². The third kappa shape index (κ3) is 4.04. The fourth-order valence-corrected chi connectivity index (χ4v) is 7.17. The largest absolute Gasteiger partial charge is 0.458 e. The lowest BCUT2D eigenvalue weighted by molar-refractivity contribution is -0.179. The molecule has 3 saturated carbocycles. The van der Waals surface area contributed by atoms with E-state index in [1.165, 1.54) is 0 Å². The second-order valence-corrected chi connectivity index (χ2v) is 10.7. The maximum atomic E-state index is 13.8. The summed E-state index contributed by atoms with van der Waals surface area (Å²) in [5.41, 5.74) is 0.347. The van der Waals surface area contributed by atoms with Gasteiger partial charge in [-0.25, -0.2) is 0 Å². The minimum atomic E-state index is -0.664. The number of hydrogen-bond donors (Lipinski definition) is 0. The molecule has 35 heavy (non-hydrogen) atoms. The van der Waals surface area contributed by atoms with Gasteiger partial charge in [0.2, 0.25) is 0 Å². The van der Waals surface area contributed by atoms with E-state index in [9.17, 15) is 14.4 Å². The Bertz CT molecular complexity index is 969. The van der Waals surface area contributed by atoms with Crippen LogP contribution in [0, 0.1) is 23.7 Å². The maximum absolute atomic E-state index is 13.8. The van der Waals surface area contributed by atoms with Gasteiger partial charge in [0.25, 0.3) is 0 Å². The number of rotatable bonds is 6. The zero-order valence-electron chi connectivity index (χ0n) is 19.9. The van der Waals surface area contributed by atoms with Crippen LogP contribution in [0.25, 0.3) is 0 Å². The van der Waals surface area contributed by atoms with Crippen LogP contribution in [-0.4, -0.2) is 67.9 Å². The summed E-state index contributed by atoms with van der Waals surface area (Å²) in [5.74, 6) is -2.51. The predicted octanol–water partition coefficient (Wildman–Crippen LogP) is 2.44. The summed E-state index contributed by atoms with van der Waals surface area (Å²) in [6.45, 7) is 2.74. The van der Waals surface area contributed by atoms with Crippen molar-refractivity contribution in [3.05, 3.63) is 35.9 Å². The third-order valence-corrected chi connectivity index (χ3v) is 8.80. The zero-order chi connectivity index (χ0) is 24.0. The van der Waals surface area contributed by atoms with E-state index in [0.29, 0.717) is 32.7 Å². The summed E-state index contributed by atoms with van der Waals surface area (Å²) in [7, 11) is 0. The van der Waals surface area contributed by atoms with Gasteiger partial charge in [-0.05, 0) is 37.7 Å². The van der Waals surface area contributed by atoms with Crippen molar-refractivity contribution in [3.8, 4) is 0 Å². The molecule has 0 radical (unpaired) electrons. The lowest BCUT2D eigenvalue weighted by atomic mass is 9.77. The highest BCUT2D eigenvalue weighted by Gasteiger charge is 2.70. The van der Waals surface area contributed by atoms with E-state index in [1.807, 2.05) is 35.2 Å². The first kappa shape index (κ1) is 23.0. The molecule has 0 spiro atoms. The van der Waals surface area contributed by atoms with E-state index in [2.05, 4.69) is 0 Å². The number of morpholine rings is 1. The molecular formula is C27H33NO7. The number of ether oxygens (including phenoxy) is 4. The summed E-state index contributed by atoms with van der Waals surface area (Å²) >= 11 is 0. The van der Waals surface area contributed by atoms with E-state index in [4.69, 9.17) is 18.9 Å². The van der Waals surface area contributed by atoms with Crippen molar-refractivity contribution in [1.82, 2.24) is 4.90 Å². The fraction of sp³-hybridized carbons (Fsp3) is 0.667. The Morgan fingerprint density at radius 3 is 2.51 bits per heavy atom. The van der Waals surface area contributed by atoms with Crippen LogP contribution in [0.3, 0.4) is 0 Å². The second-order valence-electron chi connectivity index (χ2n) is 10.7. The predicted molar refractivity (Wildman–Crippen MR) is 123 cm³/mol. The van der Waals surface area contributed by atoms with Gasteiger partial charge in [-0.2, -0.15) is 0 Å². The zero-order valence-corrected chi connectivity index (χ0v) is 19.9. The Morgan fingerprint density at radius 2 is 1.77 bits per heavy atom. The summed E-state index contributed by atoms with van der Waals surface area (Å²) < 4.78 is 23.3. The molecule has 1 aromatic rings. The average Bonchev–Trinajstić information content (AvgIpc) is 3.50. The molecule has 5 aliphatic rings. The Morgan fingerprint density at radius 1 is 1.03 bits per heavy atom. The summed E-state index contributed by atoms with van der Waals surface area (Å²) in [6, 6.07) is 9.95. The number of nitrogens with zero attached hydrogens (tertiary/aromatic N) is 1. The summed E-state index contributed by atoms with van der Waals surface area (Å²) in [6.07, 6.45) is 4.27. The van der Waals surface area contributed by atoms with Crippen LogP contribution in [0.1, 0.15) is 44.1 Å². The first-order valence-electron chi connectivity index (χ1n) is 13.0. The second kappa shape index (κ2) is 9.21. The van der Waals surface area contributed by atoms with Crippen LogP contribution in [0.4, 0.5) is 0 Å². The number of fused-ring (bicyclic) bond motifs is 1. The number of benzene rings is 1. The molecule has 0 N–H and O–H groups in total. The summed E-state index contributed by atoms with van der Waals surface area (Å²) in [4.78, 5) is 41.3. The monoisotopic (exact) mass is 483 g/mol. The van der Waals surface area contributed by atoms with Crippen LogP contribution in [0.5, 0.6) is 0 Å². The van der Waals surface area contributed by atoms with E-state index >= 15 is 0 Å². The number of carbonyl (C=O) groups excluding carboxylic acids is 3. The van der Waals surface area contributed by atoms with Crippen LogP contribution >= 0.6 is 0 Å². The number of hydrogen-bond acceptors (Lipinski definition) is 8. The number of carbonyl (C=O) groups is 3. The quantitative estimate of drug-likeness (QED) is 0.450. The minimum absolute atomic E-state index is 0.0923. The minimum Gasteiger partial charge on any atom is -0.458 e. The van der Waals surface area contributed by atoms with Crippen molar-refractivity contribution in [2.45, 2.75) is 56.3 Å². The molecule has 3 aliphatic carbocycles. The van der Waals surface area contributed by atoms with Gasteiger partial charge in [0, 0.05) is 24.9 Å². The molecule has 8 nitrogen and oxygen atoms in total. The Hall–Kier alpha value is -2.45. The van der Waals surface area contributed by atoms with Crippen LogP contribution in [-0.2, 0) is 38.9 Å². The normalized spacial score (nSPS) is 35.5. The topological polar surface area (TPSA) is 91.4 Å². The lowest BCUT2D eigenvalue weighted by Gasteiger charge is -2.39. The smallest absolute Gasteiger partial charge is 0.320 e. The highest BCUT2D eigenvalue weighted by atomic mass is 16.6. The van der Waals surface area contributed by atoms with E-state index in [1.54, 1.807) is 0 Å². The first-order chi connectivity index (χ1) is 17.1. The van der Waals surface area contributed by atoms with Gasteiger partial charge in [-0.15, -0.1) is 0 Å². The van der Waals surface area contributed by atoms with Crippen molar-refractivity contribution in [2.75, 3.05) is 32.8 Å². The van der Waals surface area contributed by atoms with Gasteiger partial charge in [0.15, 0.2) is 0 Å². The van der Waals surface area contributed by atoms with Crippen molar-refractivity contribution in [1.29, 1.82) is 0 Å². The molecule has 6 atom stereocenters. The van der Waals surface area contributed by atoms with Gasteiger partial charge in [0.05, 0.1) is 31.6 Å². The molecule has 2 saturated heterocycles. The van der Waals surface area contributed by atoms with E-state index in [0.717, 1.165) is 37.7 Å². The standard InChI is InChI=1S/C27H33NO7/c29-20(16-28-11-13-32-14-12-28)33-23-19-15-18-21(25(30)34-24(18)23)22(19)26(31)35-27(9-5-2-6-10-27)17-7-3-1-4-8-17/h1,3-4,7-8,18-19,21-24H,2,5-6,9-16H2. The molecule has 2 bridgehead atoms. The van der Waals surface area contributed by atoms with Crippen molar-refractivity contribution in [2.24, 2.45) is 23.7 Å². The van der Waals surface area contributed by atoms with E-state index < -0.39 is 29.6 Å². The highest BCUT2D eigenvalue weighted by molar-refractivity contribution is 5.86. The van der Waals surface area contributed by atoms with Gasteiger partial charge in [-0.1, -0.05) is 36.8 Å². The molecule has 0 amide bonds. The molecule has 6 unspecified atom stereocenters. The Balaban J connectivity index is 1.20. The molecule has 6 rings (SSSR count). The molecular weight excluding hydrogens is 450 g/mol. The molecule has 2 heterocycles. The molecule has 188 valence electrons. The lowest BCUT2D eigenvalue weighted by Crippen LogP contribution is -2.47. The SMILES string of the molecule is O=C(CN1CCOCC1)OC1C2CC3C1OC(=O)C3C2C(=O)OC1(c2ccccc2)CCCCC1. The average molecular weight is 484 g/mol. The maximum Gasteiger partial charge on any atom is 0.320 e. The molecule has 5 fully saturated rings. The Labute approximate surface area is 205 Å². The van der Waals surface area contributed by atoms with Crippen molar-refractivity contribution in [3.63, 3.8) is 0 Å². The summed E-state index contributed by atoms with van der Waals surface area (Å²) in [5, 5.41) is 0. The van der Waals surface area contributed by atoms with Crippen LogP contribution < -0.4 is 0 Å². The first-order valence-corrected chi connectivity index (χ1v) is 13.0. The van der Waals surface area contributed by atoms with Crippen molar-refractivity contribution < 1.29 is 33.3 Å². The van der Waals surface area contributed by atoms with Gasteiger partial charge in [0.1, 0.15) is 17.8 Å². The molecule has 1 aromatic carbocycles. The molecule has 8 heteroatoms. The van der Waals surface area contributed by atoms with Crippen molar-refractivity contribution >= 4 is 17.9 Å². The third-order valence-electron chi connectivity index (χ3n) is 8.80. The van der Waals surface area contributed by atoms with Gasteiger partial charge < -0.3 is 18.9 Å². The fourth-order valence-electron chi connectivity index (χ4n) is 7.17. The van der Waals surface area contributed by atoms with Crippen LogP contribution in [0.15, 0.2) is 30.3 Å². The Kier molecular flexibility index (Phi) is 6.05. The molecule has 0 aromatic heterocycles. The van der Waals surface area contributed by atoms with Crippen LogP contribution in [0.2, 0.25) is 0 Å². The highest BCUT2D eigenvalue weighted by Crippen LogP contribution is 2.59. The molecule has 2 aliphatic heterocycles.